The van der Waals surface area contributed by atoms with Crippen LogP contribution in [0.5, 0.6) is 0 Å². The van der Waals surface area contributed by atoms with E-state index in [1.807, 2.05) is 33.7 Å². The first-order valence-electron chi connectivity index (χ1n) is 6.78. The second-order valence-corrected chi connectivity index (χ2v) is 4.95. The van der Waals surface area contributed by atoms with Gasteiger partial charge in [-0.1, -0.05) is 11.3 Å². The van der Waals surface area contributed by atoms with Crippen LogP contribution in [0.4, 0.5) is 0 Å². The van der Waals surface area contributed by atoms with Gasteiger partial charge in [0.15, 0.2) is 0 Å². The molecule has 0 amide bonds. The molecule has 0 atom stereocenters. The van der Waals surface area contributed by atoms with E-state index in [1.165, 1.54) is 5.56 Å². The standard InChI is InChI=1S/C14H18N6/c1-11-4-3-7-19-8-13(16-14(11)19)10-20-9-12(17-18-20)5-2-6-15/h3-4,7-9H,2,5-6,10,15H2,1H3. The lowest BCUT2D eigenvalue weighted by molar-refractivity contribution is 0.640. The Kier molecular flexibility index (Phi) is 3.47. The highest BCUT2D eigenvalue weighted by Gasteiger charge is 2.06. The summed E-state index contributed by atoms with van der Waals surface area (Å²) in [5, 5.41) is 8.28. The lowest BCUT2D eigenvalue weighted by atomic mass is 10.2. The van der Waals surface area contributed by atoms with E-state index in [-0.39, 0.29) is 0 Å². The molecular weight excluding hydrogens is 252 g/mol. The van der Waals surface area contributed by atoms with Crippen molar-refractivity contribution in [2.75, 3.05) is 6.54 Å². The lowest BCUT2D eigenvalue weighted by Gasteiger charge is -1.94. The maximum atomic E-state index is 5.50. The van der Waals surface area contributed by atoms with Gasteiger partial charge in [-0.15, -0.1) is 5.10 Å². The molecule has 3 heterocycles. The van der Waals surface area contributed by atoms with Gasteiger partial charge in [0.25, 0.3) is 0 Å². The first-order valence-corrected chi connectivity index (χ1v) is 6.78. The van der Waals surface area contributed by atoms with Crippen LogP contribution in [0, 0.1) is 6.92 Å². The van der Waals surface area contributed by atoms with Crippen molar-refractivity contribution in [3.8, 4) is 0 Å². The third-order valence-electron chi connectivity index (χ3n) is 3.27. The van der Waals surface area contributed by atoms with Crippen LogP contribution < -0.4 is 5.73 Å². The Morgan fingerprint density at radius 3 is 2.95 bits per heavy atom. The maximum Gasteiger partial charge on any atom is 0.140 e. The third-order valence-corrected chi connectivity index (χ3v) is 3.27. The van der Waals surface area contributed by atoms with Gasteiger partial charge in [0.2, 0.25) is 0 Å². The van der Waals surface area contributed by atoms with E-state index in [4.69, 9.17) is 5.73 Å². The van der Waals surface area contributed by atoms with Crippen LogP contribution in [0.2, 0.25) is 0 Å². The van der Waals surface area contributed by atoms with Crippen molar-refractivity contribution >= 4 is 5.65 Å². The van der Waals surface area contributed by atoms with Gasteiger partial charge in [-0.05, 0) is 37.9 Å². The van der Waals surface area contributed by atoms with Crippen molar-refractivity contribution in [3.05, 3.63) is 47.7 Å². The number of hydrogen-bond donors (Lipinski definition) is 1. The van der Waals surface area contributed by atoms with Crippen LogP contribution in [0.1, 0.15) is 23.4 Å². The Morgan fingerprint density at radius 2 is 2.15 bits per heavy atom. The predicted octanol–water partition coefficient (Wildman–Crippen LogP) is 1.17. The first kappa shape index (κ1) is 12.8. The van der Waals surface area contributed by atoms with E-state index in [0.29, 0.717) is 13.1 Å². The van der Waals surface area contributed by atoms with E-state index in [9.17, 15) is 0 Å². The fraction of sp³-hybridized carbons (Fsp3) is 0.357. The number of pyridine rings is 1. The molecule has 0 aromatic carbocycles. The zero-order chi connectivity index (χ0) is 13.9. The molecule has 0 saturated heterocycles. The summed E-state index contributed by atoms with van der Waals surface area (Å²) < 4.78 is 3.86. The normalized spacial score (nSPS) is 11.3. The molecule has 0 aliphatic carbocycles. The molecule has 6 nitrogen and oxygen atoms in total. The summed E-state index contributed by atoms with van der Waals surface area (Å²) in [6.45, 7) is 3.38. The zero-order valence-electron chi connectivity index (χ0n) is 11.5. The highest BCUT2D eigenvalue weighted by Crippen LogP contribution is 2.10. The molecule has 0 bridgehead atoms. The second kappa shape index (κ2) is 5.42. The number of fused-ring (bicyclic) bond motifs is 1. The summed E-state index contributed by atoms with van der Waals surface area (Å²) in [4.78, 5) is 4.63. The smallest absolute Gasteiger partial charge is 0.140 e. The molecule has 2 N–H and O–H groups in total. The van der Waals surface area contributed by atoms with Crippen molar-refractivity contribution in [3.63, 3.8) is 0 Å². The quantitative estimate of drug-likeness (QED) is 0.755. The monoisotopic (exact) mass is 270 g/mol. The van der Waals surface area contributed by atoms with E-state index in [0.717, 1.165) is 29.9 Å². The summed E-state index contributed by atoms with van der Waals surface area (Å²) in [6.07, 6.45) is 7.82. The first-order chi connectivity index (χ1) is 9.76. The number of hydrogen-bond acceptors (Lipinski definition) is 4. The van der Waals surface area contributed by atoms with Crippen molar-refractivity contribution in [1.82, 2.24) is 24.4 Å². The molecule has 0 aliphatic rings. The van der Waals surface area contributed by atoms with Crippen molar-refractivity contribution in [2.24, 2.45) is 5.73 Å². The summed E-state index contributed by atoms with van der Waals surface area (Å²) in [6, 6.07) is 4.08. The van der Waals surface area contributed by atoms with E-state index in [2.05, 4.69) is 28.3 Å². The number of rotatable bonds is 5. The van der Waals surface area contributed by atoms with E-state index < -0.39 is 0 Å². The van der Waals surface area contributed by atoms with Gasteiger partial charge in [-0.2, -0.15) is 0 Å². The molecule has 0 unspecified atom stereocenters. The van der Waals surface area contributed by atoms with Crippen LogP contribution in [0.25, 0.3) is 5.65 Å². The largest absolute Gasteiger partial charge is 0.330 e. The molecule has 6 heteroatoms. The fourth-order valence-electron chi connectivity index (χ4n) is 2.26. The molecule has 0 spiro atoms. The van der Waals surface area contributed by atoms with Crippen LogP contribution in [0.3, 0.4) is 0 Å². The van der Waals surface area contributed by atoms with Gasteiger partial charge in [0.1, 0.15) is 5.65 Å². The third kappa shape index (κ3) is 2.55. The maximum absolute atomic E-state index is 5.50. The molecular formula is C14H18N6. The van der Waals surface area contributed by atoms with Gasteiger partial charge in [-0.3, -0.25) is 0 Å². The summed E-state index contributed by atoms with van der Waals surface area (Å²) in [5.74, 6) is 0. The number of nitrogens with two attached hydrogens (primary N) is 1. The molecule has 104 valence electrons. The van der Waals surface area contributed by atoms with Crippen molar-refractivity contribution in [1.29, 1.82) is 0 Å². The van der Waals surface area contributed by atoms with Gasteiger partial charge in [0, 0.05) is 18.6 Å². The Balaban J connectivity index is 1.79. The summed E-state index contributed by atoms with van der Waals surface area (Å²) in [5.41, 5.74) is 9.62. The second-order valence-electron chi connectivity index (χ2n) is 4.95. The fourth-order valence-corrected chi connectivity index (χ4v) is 2.26. The average molecular weight is 270 g/mol. The molecule has 3 rings (SSSR count). The minimum atomic E-state index is 0.636. The van der Waals surface area contributed by atoms with Crippen LogP contribution in [-0.2, 0) is 13.0 Å². The molecule has 0 radical (unpaired) electrons. The number of imidazole rings is 1. The van der Waals surface area contributed by atoms with Crippen LogP contribution in [0.15, 0.2) is 30.7 Å². The minimum Gasteiger partial charge on any atom is -0.330 e. The number of aryl methyl sites for hydroxylation is 2. The van der Waals surface area contributed by atoms with E-state index >= 15 is 0 Å². The Bertz CT molecular complexity index is 711. The van der Waals surface area contributed by atoms with Gasteiger partial charge in [-0.25, -0.2) is 9.67 Å². The molecule has 0 fully saturated rings. The average Bonchev–Trinajstić information content (AvgIpc) is 3.04. The van der Waals surface area contributed by atoms with Crippen molar-refractivity contribution < 1.29 is 0 Å². The highest BCUT2D eigenvalue weighted by atomic mass is 15.4. The number of aromatic nitrogens is 5. The molecule has 0 saturated carbocycles. The SMILES string of the molecule is Cc1cccn2cc(Cn3cc(CCCN)nn3)nc12. The Morgan fingerprint density at radius 1 is 1.25 bits per heavy atom. The number of nitrogens with zero attached hydrogens (tertiary/aromatic N) is 5. The minimum absolute atomic E-state index is 0.636. The zero-order valence-corrected chi connectivity index (χ0v) is 11.5. The summed E-state index contributed by atoms with van der Waals surface area (Å²) >= 11 is 0. The Labute approximate surface area is 117 Å². The van der Waals surface area contributed by atoms with Crippen LogP contribution in [-0.4, -0.2) is 30.9 Å². The molecule has 20 heavy (non-hydrogen) atoms. The van der Waals surface area contributed by atoms with Crippen molar-refractivity contribution in [2.45, 2.75) is 26.3 Å². The highest BCUT2D eigenvalue weighted by molar-refractivity contribution is 5.47. The summed E-state index contributed by atoms with van der Waals surface area (Å²) in [7, 11) is 0. The lowest BCUT2D eigenvalue weighted by Crippen LogP contribution is -2.01. The van der Waals surface area contributed by atoms with Gasteiger partial charge in [0.05, 0.1) is 17.9 Å². The van der Waals surface area contributed by atoms with E-state index in [1.54, 1.807) is 0 Å². The predicted molar refractivity (Wildman–Crippen MR) is 76.4 cm³/mol. The molecule has 3 aromatic rings. The topological polar surface area (TPSA) is 74.0 Å². The van der Waals surface area contributed by atoms with Gasteiger partial charge < -0.3 is 10.1 Å². The van der Waals surface area contributed by atoms with Gasteiger partial charge >= 0.3 is 0 Å². The Hall–Kier alpha value is -2.21. The molecule has 0 aliphatic heterocycles. The van der Waals surface area contributed by atoms with Crippen LogP contribution >= 0.6 is 0 Å². The molecule has 3 aromatic heterocycles.